The molecule has 1 atom stereocenters. The molecule has 0 saturated heterocycles. The molecule has 0 saturated carbocycles. The first-order valence-corrected chi connectivity index (χ1v) is 5.57. The standard InChI is InChI=1S/C11H11ClN2O5/c1-6(11(16)19-2)13-10(15)8-4-3-7(14(17)18)5-9(8)12/h3-6H,1-2H3,(H,13,15)/t6-/m0/s1. The van der Waals surface area contributed by atoms with E-state index in [0.29, 0.717) is 0 Å². The molecule has 7 nitrogen and oxygen atoms in total. The fraction of sp³-hybridized carbons (Fsp3) is 0.273. The zero-order chi connectivity index (χ0) is 14.6. The number of hydrogen-bond donors (Lipinski definition) is 1. The van der Waals surface area contributed by atoms with Crippen LogP contribution < -0.4 is 5.32 Å². The van der Waals surface area contributed by atoms with Crippen LogP contribution in [0.2, 0.25) is 5.02 Å². The molecule has 1 rings (SSSR count). The number of nitro benzene ring substituents is 1. The molecule has 0 spiro atoms. The van der Waals surface area contributed by atoms with Crippen molar-refractivity contribution in [2.75, 3.05) is 7.11 Å². The van der Waals surface area contributed by atoms with Gasteiger partial charge in [0.25, 0.3) is 11.6 Å². The molecule has 0 bridgehead atoms. The lowest BCUT2D eigenvalue weighted by Gasteiger charge is -2.12. The van der Waals surface area contributed by atoms with Gasteiger partial charge in [-0.1, -0.05) is 11.6 Å². The number of hydrogen-bond acceptors (Lipinski definition) is 5. The molecule has 0 radical (unpaired) electrons. The van der Waals surface area contributed by atoms with Crippen molar-refractivity contribution in [2.24, 2.45) is 0 Å². The summed E-state index contributed by atoms with van der Waals surface area (Å²) >= 11 is 5.78. The summed E-state index contributed by atoms with van der Waals surface area (Å²) in [7, 11) is 1.20. The lowest BCUT2D eigenvalue weighted by atomic mass is 10.2. The van der Waals surface area contributed by atoms with Crippen LogP contribution in [0.15, 0.2) is 18.2 Å². The van der Waals surface area contributed by atoms with Crippen LogP contribution in [0, 0.1) is 10.1 Å². The maximum Gasteiger partial charge on any atom is 0.328 e. The number of carbonyl (C=O) groups is 2. The van der Waals surface area contributed by atoms with E-state index in [1.165, 1.54) is 20.1 Å². The Balaban J connectivity index is 2.89. The highest BCUT2D eigenvalue weighted by atomic mass is 35.5. The summed E-state index contributed by atoms with van der Waals surface area (Å²) in [5.74, 6) is -1.22. The van der Waals surface area contributed by atoms with Crippen molar-refractivity contribution in [1.29, 1.82) is 0 Å². The van der Waals surface area contributed by atoms with Gasteiger partial charge in [-0.3, -0.25) is 14.9 Å². The number of esters is 1. The Labute approximate surface area is 113 Å². The van der Waals surface area contributed by atoms with Gasteiger partial charge in [0.1, 0.15) is 6.04 Å². The van der Waals surface area contributed by atoms with Gasteiger partial charge in [0, 0.05) is 12.1 Å². The minimum absolute atomic E-state index is 0.0445. The molecule has 1 N–H and O–H groups in total. The van der Waals surface area contributed by atoms with Gasteiger partial charge in [-0.25, -0.2) is 4.79 Å². The van der Waals surface area contributed by atoms with Gasteiger partial charge in [0.05, 0.1) is 22.6 Å². The van der Waals surface area contributed by atoms with Crippen LogP contribution in [0.3, 0.4) is 0 Å². The number of nitrogens with one attached hydrogen (secondary N) is 1. The van der Waals surface area contributed by atoms with Crippen LogP contribution in [-0.4, -0.2) is 30.0 Å². The quantitative estimate of drug-likeness (QED) is 0.514. The number of benzene rings is 1. The average Bonchev–Trinajstić information content (AvgIpc) is 2.37. The molecule has 0 heterocycles. The van der Waals surface area contributed by atoms with Crippen LogP contribution in [-0.2, 0) is 9.53 Å². The fourth-order valence-corrected chi connectivity index (χ4v) is 1.57. The molecule has 0 aliphatic heterocycles. The van der Waals surface area contributed by atoms with E-state index in [2.05, 4.69) is 10.1 Å². The van der Waals surface area contributed by atoms with Crippen molar-refractivity contribution in [3.63, 3.8) is 0 Å². The van der Waals surface area contributed by atoms with E-state index in [-0.39, 0.29) is 16.3 Å². The molecule has 0 aliphatic rings. The number of nitro groups is 1. The first-order chi connectivity index (χ1) is 8.86. The number of carbonyl (C=O) groups excluding carboxylic acids is 2. The van der Waals surface area contributed by atoms with Gasteiger partial charge in [0.2, 0.25) is 0 Å². The van der Waals surface area contributed by atoms with Crippen molar-refractivity contribution < 1.29 is 19.2 Å². The minimum atomic E-state index is -0.844. The molecule has 0 aliphatic carbocycles. The number of rotatable bonds is 4. The van der Waals surface area contributed by atoms with Gasteiger partial charge >= 0.3 is 5.97 Å². The molecule has 102 valence electrons. The second-order valence-corrected chi connectivity index (χ2v) is 4.05. The minimum Gasteiger partial charge on any atom is -0.467 e. The molecular formula is C11H11ClN2O5. The number of amides is 1. The summed E-state index contributed by atoms with van der Waals surface area (Å²) in [6, 6.07) is 2.60. The van der Waals surface area contributed by atoms with E-state index in [0.717, 1.165) is 12.1 Å². The molecule has 8 heteroatoms. The largest absolute Gasteiger partial charge is 0.467 e. The third kappa shape index (κ3) is 3.65. The van der Waals surface area contributed by atoms with E-state index in [1.807, 2.05) is 0 Å². The summed E-state index contributed by atoms with van der Waals surface area (Å²) in [4.78, 5) is 32.9. The predicted molar refractivity (Wildman–Crippen MR) is 67.1 cm³/mol. The first kappa shape index (κ1) is 14.9. The Morgan fingerprint density at radius 3 is 2.58 bits per heavy atom. The Morgan fingerprint density at radius 1 is 1.47 bits per heavy atom. The number of halogens is 1. The first-order valence-electron chi connectivity index (χ1n) is 5.19. The van der Waals surface area contributed by atoms with Crippen molar-refractivity contribution >= 4 is 29.2 Å². The van der Waals surface area contributed by atoms with E-state index >= 15 is 0 Å². The predicted octanol–water partition coefficient (Wildman–Crippen LogP) is 1.54. The Bertz CT molecular complexity index is 532. The SMILES string of the molecule is COC(=O)[C@H](C)NC(=O)c1ccc([N+](=O)[O-])cc1Cl. The fourth-order valence-electron chi connectivity index (χ4n) is 1.31. The summed E-state index contributed by atoms with van der Waals surface area (Å²) < 4.78 is 4.45. The van der Waals surface area contributed by atoms with Crippen molar-refractivity contribution in [3.8, 4) is 0 Å². The van der Waals surface area contributed by atoms with Gasteiger partial charge in [-0.15, -0.1) is 0 Å². The highest BCUT2D eigenvalue weighted by molar-refractivity contribution is 6.34. The van der Waals surface area contributed by atoms with Crippen molar-refractivity contribution in [1.82, 2.24) is 5.32 Å². The van der Waals surface area contributed by atoms with Gasteiger partial charge in [0.15, 0.2) is 0 Å². The highest BCUT2D eigenvalue weighted by Crippen LogP contribution is 2.22. The number of ether oxygens (including phenoxy) is 1. The summed E-state index contributed by atoms with van der Waals surface area (Å²) in [5, 5.41) is 12.8. The van der Waals surface area contributed by atoms with Crippen LogP contribution in [0.5, 0.6) is 0 Å². The normalized spacial score (nSPS) is 11.5. The van der Waals surface area contributed by atoms with Gasteiger partial charge < -0.3 is 10.1 Å². The Morgan fingerprint density at radius 2 is 2.11 bits per heavy atom. The summed E-state index contributed by atoms with van der Waals surface area (Å²) in [5.41, 5.74) is -0.175. The highest BCUT2D eigenvalue weighted by Gasteiger charge is 2.20. The Kier molecular flexibility index (Phi) is 4.82. The molecule has 1 aromatic rings. The second-order valence-electron chi connectivity index (χ2n) is 3.64. The van der Waals surface area contributed by atoms with E-state index in [9.17, 15) is 19.7 Å². The van der Waals surface area contributed by atoms with E-state index < -0.39 is 22.8 Å². The molecule has 0 fully saturated rings. The van der Waals surface area contributed by atoms with E-state index in [4.69, 9.17) is 11.6 Å². The zero-order valence-corrected chi connectivity index (χ0v) is 10.9. The van der Waals surface area contributed by atoms with Crippen LogP contribution >= 0.6 is 11.6 Å². The zero-order valence-electron chi connectivity index (χ0n) is 10.2. The van der Waals surface area contributed by atoms with Crippen LogP contribution in [0.4, 0.5) is 5.69 Å². The van der Waals surface area contributed by atoms with Gasteiger partial charge in [-0.2, -0.15) is 0 Å². The molecular weight excluding hydrogens is 276 g/mol. The maximum atomic E-state index is 11.8. The third-order valence-electron chi connectivity index (χ3n) is 2.31. The third-order valence-corrected chi connectivity index (χ3v) is 2.62. The molecule has 0 aromatic heterocycles. The summed E-state index contributed by atoms with van der Waals surface area (Å²) in [6.45, 7) is 1.45. The van der Waals surface area contributed by atoms with Crippen LogP contribution in [0.25, 0.3) is 0 Å². The van der Waals surface area contributed by atoms with E-state index in [1.54, 1.807) is 0 Å². The molecule has 19 heavy (non-hydrogen) atoms. The number of nitrogens with zero attached hydrogens (tertiary/aromatic N) is 1. The summed E-state index contributed by atoms with van der Waals surface area (Å²) in [6.07, 6.45) is 0. The second kappa shape index (κ2) is 6.14. The average molecular weight is 287 g/mol. The number of methoxy groups -OCH3 is 1. The monoisotopic (exact) mass is 286 g/mol. The van der Waals surface area contributed by atoms with Crippen molar-refractivity contribution in [2.45, 2.75) is 13.0 Å². The van der Waals surface area contributed by atoms with Gasteiger partial charge in [-0.05, 0) is 13.0 Å². The Hall–Kier alpha value is -2.15. The molecule has 0 unspecified atom stereocenters. The van der Waals surface area contributed by atoms with Crippen LogP contribution in [0.1, 0.15) is 17.3 Å². The topological polar surface area (TPSA) is 98.5 Å². The maximum absolute atomic E-state index is 11.8. The lowest BCUT2D eigenvalue weighted by Crippen LogP contribution is -2.39. The molecule has 1 aromatic carbocycles. The molecule has 1 amide bonds. The smallest absolute Gasteiger partial charge is 0.328 e. The lowest BCUT2D eigenvalue weighted by molar-refractivity contribution is -0.384. The van der Waals surface area contributed by atoms with Crippen molar-refractivity contribution in [3.05, 3.63) is 38.9 Å². The number of non-ortho nitro benzene ring substituents is 1.